The molecule has 0 aromatic rings. The van der Waals surface area contributed by atoms with Gasteiger partial charge in [0.05, 0.1) is 13.2 Å². The van der Waals surface area contributed by atoms with Gasteiger partial charge < -0.3 is 10.4 Å². The monoisotopic (exact) mass is 186 g/mol. The van der Waals surface area contributed by atoms with E-state index in [1.807, 2.05) is 4.90 Å². The Kier molecular flexibility index (Phi) is 3.69. The zero-order valence-electron chi connectivity index (χ0n) is 8.29. The summed E-state index contributed by atoms with van der Waals surface area (Å²) in [7, 11) is 1.63. The molecule has 1 aliphatic heterocycles. The highest BCUT2D eigenvalue weighted by Gasteiger charge is 2.29. The Morgan fingerprint density at radius 2 is 2.38 bits per heavy atom. The number of carbonyl (C=O) groups excluding carboxylic acids is 1. The third-order valence-corrected chi connectivity index (χ3v) is 2.57. The van der Waals surface area contributed by atoms with Crippen molar-refractivity contribution in [2.45, 2.75) is 19.4 Å². The van der Waals surface area contributed by atoms with Crippen LogP contribution >= 0.6 is 0 Å². The normalized spacial score (nSPS) is 29.2. The smallest absolute Gasteiger partial charge is 0.233 e. The zero-order chi connectivity index (χ0) is 9.84. The van der Waals surface area contributed by atoms with Crippen LogP contribution < -0.4 is 5.32 Å². The van der Waals surface area contributed by atoms with Crippen LogP contribution in [0.25, 0.3) is 0 Å². The van der Waals surface area contributed by atoms with Crippen molar-refractivity contribution < 1.29 is 9.90 Å². The number of likely N-dealkylation sites (N-methyl/N-ethyl adjacent to an activating group) is 1. The summed E-state index contributed by atoms with van der Waals surface area (Å²) in [6.45, 7) is 3.62. The second kappa shape index (κ2) is 4.58. The van der Waals surface area contributed by atoms with Gasteiger partial charge in [0, 0.05) is 19.6 Å². The molecule has 1 saturated heterocycles. The third kappa shape index (κ3) is 2.67. The first-order valence-corrected chi connectivity index (χ1v) is 4.72. The van der Waals surface area contributed by atoms with Crippen molar-refractivity contribution in [3.63, 3.8) is 0 Å². The number of rotatable bonds is 3. The number of aliphatic hydroxyl groups is 1. The van der Waals surface area contributed by atoms with Gasteiger partial charge in [-0.3, -0.25) is 9.69 Å². The minimum Gasteiger partial charge on any atom is -0.395 e. The molecule has 0 aromatic carbocycles. The van der Waals surface area contributed by atoms with Gasteiger partial charge in [0.15, 0.2) is 0 Å². The maximum atomic E-state index is 11.1. The van der Waals surface area contributed by atoms with Gasteiger partial charge in [-0.1, -0.05) is 6.92 Å². The van der Waals surface area contributed by atoms with Crippen LogP contribution in [0, 0.1) is 5.92 Å². The number of nitrogens with one attached hydrogen (secondary N) is 1. The van der Waals surface area contributed by atoms with Crippen LogP contribution in [0.5, 0.6) is 0 Å². The fraction of sp³-hybridized carbons (Fsp3) is 0.889. The lowest BCUT2D eigenvalue weighted by Gasteiger charge is -2.21. The molecule has 0 aliphatic carbocycles. The number of carbonyl (C=O) groups is 1. The molecule has 1 rings (SSSR count). The van der Waals surface area contributed by atoms with E-state index >= 15 is 0 Å². The lowest BCUT2D eigenvalue weighted by molar-refractivity contribution is -0.122. The molecule has 4 nitrogen and oxygen atoms in total. The molecule has 0 spiro atoms. The van der Waals surface area contributed by atoms with Crippen LogP contribution in [0.15, 0.2) is 0 Å². The first kappa shape index (κ1) is 10.5. The van der Waals surface area contributed by atoms with Crippen molar-refractivity contribution in [3.8, 4) is 0 Å². The van der Waals surface area contributed by atoms with Gasteiger partial charge in [-0.05, 0) is 12.3 Å². The third-order valence-electron chi connectivity index (χ3n) is 2.57. The van der Waals surface area contributed by atoms with Crippen LogP contribution in [-0.2, 0) is 4.79 Å². The largest absolute Gasteiger partial charge is 0.395 e. The molecule has 0 radical (unpaired) electrons. The number of hydrogen-bond acceptors (Lipinski definition) is 3. The van der Waals surface area contributed by atoms with Gasteiger partial charge in [-0.2, -0.15) is 0 Å². The molecule has 0 saturated carbocycles. The summed E-state index contributed by atoms with van der Waals surface area (Å²) in [5.41, 5.74) is 0. The Bertz CT molecular complexity index is 184. The average Bonchev–Trinajstić information content (AvgIpc) is 2.46. The second-order valence-corrected chi connectivity index (χ2v) is 3.78. The Balaban J connectivity index is 2.43. The van der Waals surface area contributed by atoms with Crippen LogP contribution in [0.4, 0.5) is 0 Å². The lowest BCUT2D eigenvalue weighted by atomic mass is 10.1. The van der Waals surface area contributed by atoms with E-state index in [-0.39, 0.29) is 18.6 Å². The molecular formula is C9H18N2O2. The van der Waals surface area contributed by atoms with E-state index < -0.39 is 0 Å². The van der Waals surface area contributed by atoms with Crippen molar-refractivity contribution in [1.29, 1.82) is 0 Å². The van der Waals surface area contributed by atoms with Crippen molar-refractivity contribution in [2.24, 2.45) is 5.92 Å². The SMILES string of the molecule is CNC(=O)CN1CC(C)CC1CO. The molecular weight excluding hydrogens is 168 g/mol. The Labute approximate surface area is 78.9 Å². The molecule has 1 aliphatic rings. The van der Waals surface area contributed by atoms with E-state index in [0.29, 0.717) is 12.5 Å². The molecule has 0 bridgehead atoms. The van der Waals surface area contributed by atoms with Gasteiger partial charge in [-0.25, -0.2) is 0 Å². The highest BCUT2D eigenvalue weighted by molar-refractivity contribution is 5.77. The molecule has 1 fully saturated rings. The molecule has 2 atom stereocenters. The van der Waals surface area contributed by atoms with E-state index in [4.69, 9.17) is 5.11 Å². The highest BCUT2D eigenvalue weighted by Crippen LogP contribution is 2.21. The molecule has 1 amide bonds. The summed E-state index contributed by atoms with van der Waals surface area (Å²) >= 11 is 0. The number of aliphatic hydroxyl groups excluding tert-OH is 1. The van der Waals surface area contributed by atoms with Gasteiger partial charge in [0.1, 0.15) is 0 Å². The van der Waals surface area contributed by atoms with E-state index in [9.17, 15) is 4.79 Å². The summed E-state index contributed by atoms with van der Waals surface area (Å²) in [5, 5.41) is 11.7. The van der Waals surface area contributed by atoms with E-state index in [2.05, 4.69) is 12.2 Å². The van der Waals surface area contributed by atoms with Crippen molar-refractivity contribution in [3.05, 3.63) is 0 Å². The van der Waals surface area contributed by atoms with Crippen molar-refractivity contribution in [2.75, 3.05) is 26.7 Å². The predicted molar refractivity (Wildman–Crippen MR) is 50.3 cm³/mol. The summed E-state index contributed by atoms with van der Waals surface area (Å²) in [6, 6.07) is 0.173. The number of amides is 1. The predicted octanol–water partition coefficient (Wildman–Crippen LogP) is -0.565. The Hall–Kier alpha value is -0.610. The van der Waals surface area contributed by atoms with Crippen LogP contribution in [-0.4, -0.2) is 48.7 Å². The van der Waals surface area contributed by atoms with Gasteiger partial charge in [0.25, 0.3) is 0 Å². The molecule has 1 heterocycles. The highest BCUT2D eigenvalue weighted by atomic mass is 16.3. The van der Waals surface area contributed by atoms with Crippen molar-refractivity contribution in [1.82, 2.24) is 10.2 Å². The summed E-state index contributed by atoms with van der Waals surface area (Å²) < 4.78 is 0. The van der Waals surface area contributed by atoms with Crippen molar-refractivity contribution >= 4 is 5.91 Å². The summed E-state index contributed by atoms with van der Waals surface area (Å²) in [5.74, 6) is 0.606. The quantitative estimate of drug-likeness (QED) is 0.621. The number of nitrogens with zero attached hydrogens (tertiary/aromatic N) is 1. The standard InChI is InChI=1S/C9H18N2O2/c1-7-3-8(6-12)11(4-7)5-9(13)10-2/h7-8,12H,3-6H2,1-2H3,(H,10,13). The first-order chi connectivity index (χ1) is 6.17. The fourth-order valence-electron chi connectivity index (χ4n) is 1.88. The molecule has 0 aromatic heterocycles. The van der Waals surface area contributed by atoms with E-state index in [0.717, 1.165) is 13.0 Å². The summed E-state index contributed by atoms with van der Waals surface area (Å²) in [6.07, 6.45) is 0.994. The van der Waals surface area contributed by atoms with Gasteiger partial charge in [-0.15, -0.1) is 0 Å². The van der Waals surface area contributed by atoms with E-state index in [1.54, 1.807) is 7.05 Å². The van der Waals surface area contributed by atoms with Crippen LogP contribution in [0.2, 0.25) is 0 Å². The molecule has 4 heteroatoms. The second-order valence-electron chi connectivity index (χ2n) is 3.78. The topological polar surface area (TPSA) is 52.6 Å². The number of likely N-dealkylation sites (tertiary alicyclic amines) is 1. The Morgan fingerprint density at radius 3 is 2.92 bits per heavy atom. The van der Waals surface area contributed by atoms with Crippen LogP contribution in [0.1, 0.15) is 13.3 Å². The maximum absolute atomic E-state index is 11.1. The number of hydrogen-bond donors (Lipinski definition) is 2. The van der Waals surface area contributed by atoms with Crippen LogP contribution in [0.3, 0.4) is 0 Å². The zero-order valence-corrected chi connectivity index (χ0v) is 8.29. The summed E-state index contributed by atoms with van der Waals surface area (Å²) in [4.78, 5) is 13.1. The average molecular weight is 186 g/mol. The minimum atomic E-state index is 0.0209. The molecule has 2 unspecified atom stereocenters. The lowest BCUT2D eigenvalue weighted by Crippen LogP contribution is -2.40. The van der Waals surface area contributed by atoms with Gasteiger partial charge >= 0.3 is 0 Å². The fourth-order valence-corrected chi connectivity index (χ4v) is 1.88. The first-order valence-electron chi connectivity index (χ1n) is 4.72. The van der Waals surface area contributed by atoms with E-state index in [1.165, 1.54) is 0 Å². The molecule has 2 N–H and O–H groups in total. The molecule has 76 valence electrons. The van der Waals surface area contributed by atoms with Gasteiger partial charge in [0.2, 0.25) is 5.91 Å². The molecule has 13 heavy (non-hydrogen) atoms. The maximum Gasteiger partial charge on any atom is 0.233 e. The Morgan fingerprint density at radius 1 is 1.69 bits per heavy atom. The minimum absolute atomic E-state index is 0.0209.